The van der Waals surface area contributed by atoms with Crippen LogP contribution in [-0.2, 0) is 14.3 Å². The Bertz CT molecular complexity index is 965. The fourth-order valence-electron chi connectivity index (χ4n) is 10.9. The molecule has 1 saturated heterocycles. The van der Waals surface area contributed by atoms with Crippen LogP contribution in [0, 0.1) is 57.7 Å². The lowest BCUT2D eigenvalue weighted by molar-refractivity contribution is -0.191. The quantitative estimate of drug-likeness (QED) is 0.546. The minimum Gasteiger partial charge on any atom is -0.458 e. The number of ether oxygens (including phenoxy) is 1. The lowest BCUT2D eigenvalue weighted by Gasteiger charge is -2.63. The fourth-order valence-corrected chi connectivity index (χ4v) is 10.9. The monoisotopic (exact) mass is 410 g/mol. The van der Waals surface area contributed by atoms with E-state index in [1.807, 2.05) is 6.08 Å². The van der Waals surface area contributed by atoms with Gasteiger partial charge in [0.1, 0.15) is 11.8 Å². The number of hydrogen-bond acceptors (Lipinski definition) is 3. The SMILES string of the molecule is C[C@@]12C(=CC(=O)[C@@H]3C[C@@H]31)C1(CC1)CC1C2[C@@H](F)C[C@@]2(C)C1[C@@H]1C[C@@H]1[C@@]21CCC(=O)O1. The molecule has 0 radical (unpaired) electrons. The lowest BCUT2D eigenvalue weighted by atomic mass is 9.42. The van der Waals surface area contributed by atoms with Crippen LogP contribution in [0.4, 0.5) is 4.39 Å². The molecule has 8 aliphatic rings. The molecule has 0 amide bonds. The van der Waals surface area contributed by atoms with Crippen LogP contribution in [0.3, 0.4) is 0 Å². The normalized spacial score (nSPS) is 62.7. The largest absolute Gasteiger partial charge is 0.458 e. The molecular formula is C26H31FO3. The number of carbonyl (C=O) groups excluding carboxylic acids is 2. The van der Waals surface area contributed by atoms with Gasteiger partial charge in [0, 0.05) is 29.6 Å². The number of rotatable bonds is 0. The van der Waals surface area contributed by atoms with E-state index in [-0.39, 0.29) is 34.1 Å². The van der Waals surface area contributed by atoms with Gasteiger partial charge in [-0.1, -0.05) is 19.4 Å². The smallest absolute Gasteiger partial charge is 0.306 e. The van der Waals surface area contributed by atoms with E-state index in [2.05, 4.69) is 13.8 Å². The summed E-state index contributed by atoms with van der Waals surface area (Å²) >= 11 is 0. The molecule has 4 heteroatoms. The first-order valence-corrected chi connectivity index (χ1v) is 12.4. The predicted octanol–water partition coefficient (Wildman–Crippen LogP) is 4.64. The Morgan fingerprint density at radius 3 is 2.50 bits per heavy atom. The van der Waals surface area contributed by atoms with Gasteiger partial charge in [-0.05, 0) is 85.5 Å². The van der Waals surface area contributed by atoms with E-state index in [9.17, 15) is 9.59 Å². The third-order valence-corrected chi connectivity index (χ3v) is 12.1. The van der Waals surface area contributed by atoms with Gasteiger partial charge in [-0.3, -0.25) is 9.59 Å². The number of allylic oxidation sites excluding steroid dienone is 1. The Labute approximate surface area is 177 Å². The Hall–Kier alpha value is -1.19. The van der Waals surface area contributed by atoms with Crippen molar-refractivity contribution in [3.05, 3.63) is 11.6 Å². The van der Waals surface area contributed by atoms with E-state index in [4.69, 9.17) is 4.74 Å². The number of carbonyl (C=O) groups is 2. The van der Waals surface area contributed by atoms with Crippen LogP contribution in [0.25, 0.3) is 0 Å². The number of fused-ring (bicyclic) bond motifs is 12. The van der Waals surface area contributed by atoms with Crippen molar-refractivity contribution in [2.24, 2.45) is 57.7 Å². The fraction of sp³-hybridized carbons (Fsp3) is 0.846. The third kappa shape index (κ3) is 1.60. The third-order valence-electron chi connectivity index (χ3n) is 12.1. The summed E-state index contributed by atoms with van der Waals surface area (Å²) in [6.07, 6.45) is 8.55. The first kappa shape index (κ1) is 17.4. The van der Waals surface area contributed by atoms with Crippen LogP contribution in [0.1, 0.15) is 65.2 Å². The molecule has 0 aromatic rings. The molecule has 6 saturated carbocycles. The maximum atomic E-state index is 16.4. The summed E-state index contributed by atoms with van der Waals surface area (Å²) in [4.78, 5) is 24.9. The lowest BCUT2D eigenvalue weighted by Crippen LogP contribution is -2.62. The average molecular weight is 411 g/mol. The molecule has 11 atom stereocenters. The van der Waals surface area contributed by atoms with E-state index >= 15 is 4.39 Å². The van der Waals surface area contributed by atoms with Crippen LogP contribution < -0.4 is 0 Å². The summed E-state index contributed by atoms with van der Waals surface area (Å²) in [5.41, 5.74) is 0.773. The highest BCUT2D eigenvalue weighted by Crippen LogP contribution is 2.83. The topological polar surface area (TPSA) is 43.4 Å². The summed E-state index contributed by atoms with van der Waals surface area (Å²) in [6.45, 7) is 4.62. The number of halogens is 1. The van der Waals surface area contributed by atoms with Crippen molar-refractivity contribution in [2.75, 3.05) is 0 Å². The molecular weight excluding hydrogens is 379 g/mol. The zero-order chi connectivity index (χ0) is 20.4. The van der Waals surface area contributed by atoms with Gasteiger partial charge >= 0.3 is 5.97 Å². The number of hydrogen-bond donors (Lipinski definition) is 0. The number of esters is 1. The number of ketones is 1. The Balaban J connectivity index is 1.29. The van der Waals surface area contributed by atoms with Crippen molar-refractivity contribution in [3.8, 4) is 0 Å². The maximum absolute atomic E-state index is 16.4. The van der Waals surface area contributed by atoms with E-state index in [1.165, 1.54) is 24.8 Å². The van der Waals surface area contributed by atoms with E-state index in [0.717, 1.165) is 19.3 Å². The Morgan fingerprint density at radius 1 is 1.00 bits per heavy atom. The van der Waals surface area contributed by atoms with Crippen LogP contribution in [0.5, 0.6) is 0 Å². The summed E-state index contributed by atoms with van der Waals surface area (Å²) in [5, 5.41) is 0. The zero-order valence-corrected chi connectivity index (χ0v) is 18.0. The Morgan fingerprint density at radius 2 is 1.80 bits per heavy atom. The van der Waals surface area contributed by atoms with Gasteiger partial charge < -0.3 is 4.74 Å². The number of alkyl halides is 1. The second kappa shape index (κ2) is 4.62. The standard InChI is InChI=1S/C26H31FO3/c1-23-11-17(27)22-14(21(23)13-8-16(13)26(23)4-3-20(29)30-26)10-25(5-6-25)19-9-18(28)12-7-15(12)24(19,22)2/h9,12-17,21-22H,3-8,10-11H2,1-2H3/t12-,13-,14?,15+,16+,17+,21?,22?,23+,24+,26+/m1/s1. The molecule has 1 heterocycles. The van der Waals surface area contributed by atoms with Crippen LogP contribution in [-0.4, -0.2) is 23.5 Å². The minimum absolute atomic E-state index is 0.0460. The Kier molecular flexibility index (Phi) is 2.67. The van der Waals surface area contributed by atoms with Gasteiger partial charge in [-0.25, -0.2) is 4.39 Å². The molecule has 1 aliphatic heterocycles. The van der Waals surface area contributed by atoms with Crippen LogP contribution in [0.2, 0.25) is 0 Å². The zero-order valence-electron chi connectivity index (χ0n) is 18.0. The molecule has 0 aromatic carbocycles. The second-order valence-electron chi connectivity index (χ2n) is 12.9. The van der Waals surface area contributed by atoms with Gasteiger partial charge in [-0.15, -0.1) is 0 Å². The van der Waals surface area contributed by atoms with Crippen molar-refractivity contribution >= 4 is 11.8 Å². The van der Waals surface area contributed by atoms with E-state index in [1.54, 1.807) is 0 Å². The highest BCUT2D eigenvalue weighted by molar-refractivity contribution is 5.96. The first-order chi connectivity index (χ1) is 14.3. The molecule has 0 bridgehead atoms. The minimum atomic E-state index is -0.858. The summed E-state index contributed by atoms with van der Waals surface area (Å²) in [7, 11) is 0. The molecule has 0 aromatic heterocycles. The van der Waals surface area contributed by atoms with Gasteiger partial charge in [-0.2, -0.15) is 0 Å². The van der Waals surface area contributed by atoms with Gasteiger partial charge in [0.2, 0.25) is 0 Å². The molecule has 7 fully saturated rings. The van der Waals surface area contributed by atoms with Crippen molar-refractivity contribution in [1.82, 2.24) is 0 Å². The molecule has 8 rings (SSSR count). The summed E-state index contributed by atoms with van der Waals surface area (Å²) in [6, 6.07) is 0. The van der Waals surface area contributed by atoms with Gasteiger partial charge in [0.15, 0.2) is 5.78 Å². The highest BCUT2D eigenvalue weighted by atomic mass is 19.1. The predicted molar refractivity (Wildman–Crippen MR) is 107 cm³/mol. The van der Waals surface area contributed by atoms with Crippen molar-refractivity contribution in [1.29, 1.82) is 0 Å². The molecule has 0 N–H and O–H groups in total. The van der Waals surface area contributed by atoms with Crippen molar-refractivity contribution in [3.63, 3.8) is 0 Å². The molecule has 3 unspecified atom stereocenters. The summed E-state index contributed by atoms with van der Waals surface area (Å²) < 4.78 is 22.5. The summed E-state index contributed by atoms with van der Waals surface area (Å²) in [5.74, 6) is 2.78. The van der Waals surface area contributed by atoms with Crippen LogP contribution in [0.15, 0.2) is 11.6 Å². The second-order valence-corrected chi connectivity index (χ2v) is 12.9. The van der Waals surface area contributed by atoms with E-state index < -0.39 is 11.8 Å². The van der Waals surface area contributed by atoms with Gasteiger partial charge in [0.05, 0.1) is 0 Å². The van der Waals surface area contributed by atoms with Gasteiger partial charge in [0.25, 0.3) is 0 Å². The first-order valence-electron chi connectivity index (χ1n) is 12.4. The van der Waals surface area contributed by atoms with Crippen molar-refractivity contribution in [2.45, 2.75) is 77.0 Å². The highest BCUT2D eigenvalue weighted by Gasteiger charge is 2.82. The molecule has 160 valence electrons. The van der Waals surface area contributed by atoms with E-state index in [0.29, 0.717) is 48.2 Å². The maximum Gasteiger partial charge on any atom is 0.306 e. The average Bonchev–Trinajstić information content (AvgIpc) is 3.56. The van der Waals surface area contributed by atoms with Crippen LogP contribution >= 0.6 is 0 Å². The molecule has 30 heavy (non-hydrogen) atoms. The molecule has 2 spiro atoms. The van der Waals surface area contributed by atoms with Crippen molar-refractivity contribution < 1.29 is 18.7 Å². The molecule has 3 nitrogen and oxygen atoms in total. The molecule has 7 aliphatic carbocycles.